The molecule has 0 aliphatic carbocycles. The molecule has 1 heterocycles. The largest absolute Gasteiger partial charge is 0.295 e. The van der Waals surface area contributed by atoms with Crippen LogP contribution >= 0.6 is 0 Å². The van der Waals surface area contributed by atoms with Crippen LogP contribution in [0.4, 0.5) is 5.69 Å². The lowest BCUT2D eigenvalue weighted by Crippen LogP contribution is -2.13. The van der Waals surface area contributed by atoms with Crippen LogP contribution in [0.25, 0.3) is 5.69 Å². The van der Waals surface area contributed by atoms with Gasteiger partial charge in [-0.15, -0.1) is 0 Å². The van der Waals surface area contributed by atoms with Gasteiger partial charge in [0.25, 0.3) is 11.2 Å². The minimum atomic E-state index is -0.482. The second kappa shape index (κ2) is 4.87. The van der Waals surface area contributed by atoms with Crippen molar-refractivity contribution in [2.75, 3.05) is 0 Å². The summed E-state index contributed by atoms with van der Waals surface area (Å²) in [5.41, 5.74) is 1.05. The number of nitrogens with zero attached hydrogens (tertiary/aromatic N) is 2. The molecular weight excluding hydrogens is 234 g/mol. The molecule has 0 atom stereocenters. The third-order valence-electron chi connectivity index (χ3n) is 2.59. The Labute approximate surface area is 103 Å². The summed E-state index contributed by atoms with van der Waals surface area (Å²) in [6, 6.07) is 7.49. The summed E-state index contributed by atoms with van der Waals surface area (Å²) in [6.45, 7) is 2.02. The summed E-state index contributed by atoms with van der Waals surface area (Å²) in [6.07, 6.45) is 1.70. The van der Waals surface area contributed by atoms with E-state index < -0.39 is 4.92 Å². The molecule has 0 unspecified atom stereocenters. The van der Waals surface area contributed by atoms with Crippen LogP contribution in [0.5, 0.6) is 0 Å². The summed E-state index contributed by atoms with van der Waals surface area (Å²) < 4.78 is 1.32. The average Bonchev–Trinajstić information content (AvgIpc) is 2.71. The van der Waals surface area contributed by atoms with Gasteiger partial charge >= 0.3 is 0 Å². The van der Waals surface area contributed by atoms with Crippen molar-refractivity contribution in [2.45, 2.75) is 19.8 Å². The highest BCUT2D eigenvalue weighted by molar-refractivity contribution is 5.42. The summed E-state index contributed by atoms with van der Waals surface area (Å²) in [7, 11) is 0. The zero-order valence-electron chi connectivity index (χ0n) is 9.92. The summed E-state index contributed by atoms with van der Waals surface area (Å²) >= 11 is 0. The van der Waals surface area contributed by atoms with Gasteiger partial charge in [-0.1, -0.05) is 19.4 Å². The number of aryl methyl sites for hydroxylation is 1. The maximum absolute atomic E-state index is 11.8. The number of non-ortho nitro benzene ring substituents is 1. The van der Waals surface area contributed by atoms with Crippen molar-refractivity contribution in [3.05, 3.63) is 56.5 Å². The Kier molecular flexibility index (Phi) is 3.27. The molecule has 1 N–H and O–H groups in total. The quantitative estimate of drug-likeness (QED) is 0.663. The van der Waals surface area contributed by atoms with E-state index in [0.717, 1.165) is 18.5 Å². The standard InChI is InChI=1S/C12H13N3O3/c1-2-4-9-7-12(16)14(13-9)10-5-3-6-11(8-10)15(17)18/h3,5-8,13H,2,4H2,1H3. The van der Waals surface area contributed by atoms with Crippen LogP contribution in [0.3, 0.4) is 0 Å². The monoisotopic (exact) mass is 247 g/mol. The maximum Gasteiger partial charge on any atom is 0.271 e. The first kappa shape index (κ1) is 12.1. The Morgan fingerprint density at radius 2 is 2.17 bits per heavy atom. The van der Waals surface area contributed by atoms with Crippen molar-refractivity contribution in [3.63, 3.8) is 0 Å². The fourth-order valence-electron chi connectivity index (χ4n) is 1.78. The van der Waals surface area contributed by atoms with Crippen molar-refractivity contribution < 1.29 is 4.92 Å². The first-order valence-corrected chi connectivity index (χ1v) is 5.67. The number of aromatic nitrogens is 2. The van der Waals surface area contributed by atoms with E-state index >= 15 is 0 Å². The van der Waals surface area contributed by atoms with Gasteiger partial charge in [0.1, 0.15) is 0 Å². The number of H-pyrrole nitrogens is 1. The summed E-state index contributed by atoms with van der Waals surface area (Å²) in [5, 5.41) is 13.6. The number of nitrogens with one attached hydrogen (secondary N) is 1. The lowest BCUT2D eigenvalue weighted by atomic mass is 10.3. The topological polar surface area (TPSA) is 80.9 Å². The summed E-state index contributed by atoms with van der Waals surface area (Å²) in [4.78, 5) is 22.0. The highest BCUT2D eigenvalue weighted by Gasteiger charge is 2.09. The molecule has 94 valence electrons. The van der Waals surface area contributed by atoms with Gasteiger partial charge in [0, 0.05) is 23.9 Å². The Hall–Kier alpha value is -2.37. The Morgan fingerprint density at radius 1 is 1.39 bits per heavy atom. The molecule has 1 aromatic carbocycles. The SMILES string of the molecule is CCCc1cc(=O)n(-c2cccc([N+](=O)[O-])c2)[nH]1. The van der Waals surface area contributed by atoms with Gasteiger partial charge in [0.05, 0.1) is 10.6 Å². The number of rotatable bonds is 4. The predicted octanol–water partition coefficient (Wildman–Crippen LogP) is 2.03. The maximum atomic E-state index is 11.8. The minimum Gasteiger partial charge on any atom is -0.295 e. The van der Waals surface area contributed by atoms with E-state index in [1.165, 1.54) is 22.9 Å². The zero-order valence-corrected chi connectivity index (χ0v) is 9.92. The van der Waals surface area contributed by atoms with Crippen LogP contribution in [0.1, 0.15) is 19.0 Å². The molecule has 0 amide bonds. The van der Waals surface area contributed by atoms with Crippen molar-refractivity contribution in [2.24, 2.45) is 0 Å². The van der Waals surface area contributed by atoms with Crippen LogP contribution in [0, 0.1) is 10.1 Å². The fraction of sp³-hybridized carbons (Fsp3) is 0.250. The van der Waals surface area contributed by atoms with E-state index in [9.17, 15) is 14.9 Å². The van der Waals surface area contributed by atoms with Crippen LogP contribution < -0.4 is 5.56 Å². The Bertz CT molecular complexity index is 627. The van der Waals surface area contributed by atoms with Crippen molar-refractivity contribution in [1.82, 2.24) is 9.78 Å². The third-order valence-corrected chi connectivity index (χ3v) is 2.59. The Morgan fingerprint density at radius 3 is 2.83 bits per heavy atom. The number of hydrogen-bond donors (Lipinski definition) is 1. The number of nitro benzene ring substituents is 1. The molecule has 18 heavy (non-hydrogen) atoms. The van der Waals surface area contributed by atoms with Crippen LogP contribution in [0.15, 0.2) is 35.1 Å². The molecular formula is C12H13N3O3. The second-order valence-corrected chi connectivity index (χ2v) is 3.98. The van der Waals surface area contributed by atoms with Crippen LogP contribution in [-0.4, -0.2) is 14.7 Å². The van der Waals surface area contributed by atoms with E-state index in [0.29, 0.717) is 5.69 Å². The van der Waals surface area contributed by atoms with E-state index in [4.69, 9.17) is 0 Å². The molecule has 6 nitrogen and oxygen atoms in total. The first-order valence-electron chi connectivity index (χ1n) is 5.67. The molecule has 0 aliphatic heterocycles. The Balaban J connectivity index is 2.45. The number of nitro groups is 1. The lowest BCUT2D eigenvalue weighted by Gasteiger charge is -2.01. The molecule has 0 saturated carbocycles. The molecule has 0 saturated heterocycles. The van der Waals surface area contributed by atoms with Gasteiger partial charge in [-0.25, -0.2) is 4.68 Å². The average molecular weight is 247 g/mol. The zero-order chi connectivity index (χ0) is 13.1. The fourth-order valence-corrected chi connectivity index (χ4v) is 1.78. The van der Waals surface area contributed by atoms with Gasteiger partial charge in [0.2, 0.25) is 0 Å². The highest BCUT2D eigenvalue weighted by atomic mass is 16.6. The molecule has 6 heteroatoms. The van der Waals surface area contributed by atoms with Gasteiger partial charge in [0.15, 0.2) is 0 Å². The van der Waals surface area contributed by atoms with Crippen molar-refractivity contribution in [1.29, 1.82) is 0 Å². The second-order valence-electron chi connectivity index (χ2n) is 3.98. The lowest BCUT2D eigenvalue weighted by molar-refractivity contribution is -0.384. The van der Waals surface area contributed by atoms with Gasteiger partial charge in [-0.05, 0) is 12.5 Å². The normalized spacial score (nSPS) is 10.5. The number of hydrogen-bond acceptors (Lipinski definition) is 3. The first-order chi connectivity index (χ1) is 8.61. The molecule has 0 aliphatic rings. The highest BCUT2D eigenvalue weighted by Crippen LogP contribution is 2.15. The predicted molar refractivity (Wildman–Crippen MR) is 67.0 cm³/mol. The van der Waals surface area contributed by atoms with Crippen molar-refractivity contribution >= 4 is 5.69 Å². The molecule has 2 rings (SSSR count). The van der Waals surface area contributed by atoms with E-state index in [-0.39, 0.29) is 11.2 Å². The number of benzene rings is 1. The van der Waals surface area contributed by atoms with E-state index in [1.807, 2.05) is 6.92 Å². The molecule has 0 radical (unpaired) electrons. The molecule has 2 aromatic rings. The molecule has 0 spiro atoms. The molecule has 0 fully saturated rings. The minimum absolute atomic E-state index is 0.0361. The number of aromatic amines is 1. The third kappa shape index (κ3) is 2.32. The van der Waals surface area contributed by atoms with Crippen molar-refractivity contribution in [3.8, 4) is 5.69 Å². The van der Waals surface area contributed by atoms with E-state index in [1.54, 1.807) is 12.1 Å². The van der Waals surface area contributed by atoms with E-state index in [2.05, 4.69) is 5.10 Å². The van der Waals surface area contributed by atoms with Crippen LogP contribution in [0.2, 0.25) is 0 Å². The van der Waals surface area contributed by atoms with Gasteiger partial charge < -0.3 is 0 Å². The van der Waals surface area contributed by atoms with Gasteiger partial charge in [-0.2, -0.15) is 0 Å². The molecule has 1 aromatic heterocycles. The molecule has 0 bridgehead atoms. The van der Waals surface area contributed by atoms with Crippen LogP contribution in [-0.2, 0) is 6.42 Å². The van der Waals surface area contributed by atoms with Gasteiger partial charge in [-0.3, -0.25) is 20.0 Å². The summed E-state index contributed by atoms with van der Waals surface area (Å²) in [5.74, 6) is 0. The smallest absolute Gasteiger partial charge is 0.271 e.